The van der Waals surface area contributed by atoms with E-state index in [-0.39, 0.29) is 11.8 Å². The van der Waals surface area contributed by atoms with Gasteiger partial charge in [-0.1, -0.05) is 18.6 Å². The molecular weight excluding hydrogens is 292 g/mol. The summed E-state index contributed by atoms with van der Waals surface area (Å²) in [5.74, 6) is -1.31. The Hall–Kier alpha value is -2.04. The van der Waals surface area contributed by atoms with Crippen molar-refractivity contribution in [1.29, 1.82) is 0 Å². The van der Waals surface area contributed by atoms with Crippen molar-refractivity contribution in [2.45, 2.75) is 26.7 Å². The molecule has 5 heteroatoms. The molecule has 1 aromatic rings. The van der Waals surface area contributed by atoms with Crippen molar-refractivity contribution in [1.82, 2.24) is 4.90 Å². The Morgan fingerprint density at radius 2 is 1.87 bits per heavy atom. The molecule has 1 amide bonds. The lowest BCUT2D eigenvalue weighted by molar-refractivity contribution is -0.142. The van der Waals surface area contributed by atoms with Crippen molar-refractivity contribution in [2.75, 3.05) is 31.1 Å². The van der Waals surface area contributed by atoms with Crippen molar-refractivity contribution in [3.8, 4) is 0 Å². The van der Waals surface area contributed by atoms with Gasteiger partial charge in [-0.05, 0) is 37.8 Å². The van der Waals surface area contributed by atoms with E-state index in [0.29, 0.717) is 18.7 Å². The number of carboxylic acids is 1. The molecule has 1 N–H and O–H groups in total. The van der Waals surface area contributed by atoms with Crippen molar-refractivity contribution in [3.63, 3.8) is 0 Å². The third kappa shape index (κ3) is 3.05. The van der Waals surface area contributed by atoms with E-state index in [1.165, 1.54) is 0 Å². The topological polar surface area (TPSA) is 60.9 Å². The number of carbonyl (C=O) groups excluding carboxylic acids is 1. The van der Waals surface area contributed by atoms with Crippen LogP contribution in [0.2, 0.25) is 0 Å². The molecule has 5 nitrogen and oxygen atoms in total. The maximum absolute atomic E-state index is 13.0. The van der Waals surface area contributed by atoms with Crippen molar-refractivity contribution >= 4 is 17.6 Å². The number of hydrogen-bond acceptors (Lipinski definition) is 3. The summed E-state index contributed by atoms with van der Waals surface area (Å²) in [6.45, 7) is 6.68. The Bertz CT molecular complexity index is 623. The standard InChI is InChI=1S/C18H24N2O3/c1-12-5-6-16(19-7-3-4-8-19)14(9-12)17(21)20-10-13(2)15(11-20)18(22)23/h5-6,9,13,15H,3-4,7-8,10-11H2,1-2H3,(H,22,23)/t13-,15-/m1/s1. The van der Waals surface area contributed by atoms with Crippen LogP contribution in [0.5, 0.6) is 0 Å². The fourth-order valence-electron chi connectivity index (χ4n) is 3.68. The zero-order valence-electron chi connectivity index (χ0n) is 13.8. The third-order valence-corrected chi connectivity index (χ3v) is 5.05. The number of carboxylic acid groups (broad SMARTS) is 1. The molecule has 2 atom stereocenters. The van der Waals surface area contributed by atoms with E-state index in [1.54, 1.807) is 4.90 Å². The highest BCUT2D eigenvalue weighted by molar-refractivity contribution is 6.00. The molecule has 0 bridgehead atoms. The predicted octanol–water partition coefficient (Wildman–Crippen LogP) is 2.39. The minimum atomic E-state index is -0.809. The van der Waals surface area contributed by atoms with Gasteiger partial charge in [-0.25, -0.2) is 0 Å². The Labute approximate surface area is 136 Å². The molecule has 124 valence electrons. The van der Waals surface area contributed by atoms with E-state index in [9.17, 15) is 14.7 Å². The van der Waals surface area contributed by atoms with Gasteiger partial charge in [0.05, 0.1) is 11.5 Å². The SMILES string of the molecule is Cc1ccc(N2CCCC2)c(C(=O)N2C[C@@H](C)[C@H](C(=O)O)C2)c1. The van der Waals surface area contributed by atoms with Gasteiger partial charge in [-0.3, -0.25) is 9.59 Å². The first-order valence-electron chi connectivity index (χ1n) is 8.35. The van der Waals surface area contributed by atoms with Crippen molar-refractivity contribution in [3.05, 3.63) is 29.3 Å². The second-order valence-corrected chi connectivity index (χ2v) is 6.85. The largest absolute Gasteiger partial charge is 0.481 e. The second kappa shape index (κ2) is 6.22. The number of anilines is 1. The summed E-state index contributed by atoms with van der Waals surface area (Å²) in [6.07, 6.45) is 2.31. The number of amides is 1. The van der Waals surface area contributed by atoms with Gasteiger partial charge < -0.3 is 14.9 Å². The van der Waals surface area contributed by atoms with Crippen LogP contribution in [0.1, 0.15) is 35.7 Å². The van der Waals surface area contributed by atoms with Gasteiger partial charge in [0.2, 0.25) is 0 Å². The zero-order valence-corrected chi connectivity index (χ0v) is 13.8. The molecule has 0 radical (unpaired) electrons. The van der Waals surface area contributed by atoms with Crippen LogP contribution in [0.25, 0.3) is 0 Å². The summed E-state index contributed by atoms with van der Waals surface area (Å²) in [6, 6.07) is 6.01. The summed E-state index contributed by atoms with van der Waals surface area (Å²) in [7, 11) is 0. The Balaban J connectivity index is 1.87. The van der Waals surface area contributed by atoms with Gasteiger partial charge in [0.25, 0.3) is 5.91 Å². The van der Waals surface area contributed by atoms with Gasteiger partial charge in [-0.2, -0.15) is 0 Å². The first kappa shape index (κ1) is 15.8. The highest BCUT2D eigenvalue weighted by Gasteiger charge is 2.38. The summed E-state index contributed by atoms with van der Waals surface area (Å²) < 4.78 is 0. The van der Waals surface area contributed by atoms with E-state index in [2.05, 4.69) is 4.90 Å². The van der Waals surface area contributed by atoms with Crippen LogP contribution < -0.4 is 4.90 Å². The summed E-state index contributed by atoms with van der Waals surface area (Å²) >= 11 is 0. The highest BCUT2D eigenvalue weighted by Crippen LogP contribution is 2.30. The Kier molecular flexibility index (Phi) is 4.28. The van der Waals surface area contributed by atoms with Gasteiger partial charge in [0, 0.05) is 31.9 Å². The molecule has 0 aromatic heterocycles. The maximum atomic E-state index is 13.0. The number of nitrogens with zero attached hydrogens (tertiary/aromatic N) is 2. The fraction of sp³-hybridized carbons (Fsp3) is 0.556. The summed E-state index contributed by atoms with van der Waals surface area (Å²) in [5, 5.41) is 9.28. The van der Waals surface area contributed by atoms with Crippen LogP contribution in [0, 0.1) is 18.8 Å². The summed E-state index contributed by atoms with van der Waals surface area (Å²) in [4.78, 5) is 28.3. The molecule has 0 unspecified atom stereocenters. The number of aliphatic carboxylic acids is 1. The van der Waals surface area contributed by atoms with Crippen molar-refractivity contribution < 1.29 is 14.7 Å². The number of benzene rings is 1. The molecule has 0 spiro atoms. The Morgan fingerprint density at radius 3 is 2.48 bits per heavy atom. The number of carbonyl (C=O) groups is 2. The smallest absolute Gasteiger partial charge is 0.308 e. The van der Waals surface area contributed by atoms with Crippen LogP contribution >= 0.6 is 0 Å². The van der Waals surface area contributed by atoms with Crippen LogP contribution in [0.15, 0.2) is 18.2 Å². The van der Waals surface area contributed by atoms with Crippen LogP contribution in [0.4, 0.5) is 5.69 Å². The van der Waals surface area contributed by atoms with Crippen molar-refractivity contribution in [2.24, 2.45) is 11.8 Å². The second-order valence-electron chi connectivity index (χ2n) is 6.85. The molecule has 2 aliphatic rings. The van der Waals surface area contributed by atoms with E-state index < -0.39 is 11.9 Å². The normalized spacial score (nSPS) is 24.3. The minimum absolute atomic E-state index is 0.00324. The van der Waals surface area contributed by atoms with E-state index in [4.69, 9.17) is 0 Å². The molecule has 23 heavy (non-hydrogen) atoms. The van der Waals surface area contributed by atoms with E-state index >= 15 is 0 Å². The van der Waals surface area contributed by atoms with Gasteiger partial charge in [0.15, 0.2) is 0 Å². The lowest BCUT2D eigenvalue weighted by Crippen LogP contribution is -2.32. The molecule has 1 aromatic carbocycles. The first-order chi connectivity index (χ1) is 11.0. The molecule has 0 saturated carbocycles. The molecule has 3 rings (SSSR count). The molecule has 2 aliphatic heterocycles. The lowest BCUT2D eigenvalue weighted by atomic mass is 9.99. The van der Waals surface area contributed by atoms with Crippen LogP contribution in [0.3, 0.4) is 0 Å². The average Bonchev–Trinajstić information content (AvgIpc) is 3.15. The minimum Gasteiger partial charge on any atom is -0.481 e. The number of aryl methyl sites for hydroxylation is 1. The van der Waals surface area contributed by atoms with E-state index in [0.717, 1.165) is 37.2 Å². The molecule has 2 fully saturated rings. The predicted molar refractivity (Wildman–Crippen MR) is 88.8 cm³/mol. The maximum Gasteiger partial charge on any atom is 0.308 e. The zero-order chi connectivity index (χ0) is 16.6. The molecular formula is C18H24N2O3. The number of rotatable bonds is 3. The number of hydrogen-bond donors (Lipinski definition) is 1. The third-order valence-electron chi connectivity index (χ3n) is 5.05. The van der Waals surface area contributed by atoms with Gasteiger partial charge in [-0.15, -0.1) is 0 Å². The fourth-order valence-corrected chi connectivity index (χ4v) is 3.68. The van der Waals surface area contributed by atoms with Crippen LogP contribution in [-0.2, 0) is 4.79 Å². The number of likely N-dealkylation sites (tertiary alicyclic amines) is 1. The Morgan fingerprint density at radius 1 is 1.17 bits per heavy atom. The quantitative estimate of drug-likeness (QED) is 0.930. The molecule has 0 aliphatic carbocycles. The lowest BCUT2D eigenvalue weighted by Gasteiger charge is -2.24. The van der Waals surface area contributed by atoms with E-state index in [1.807, 2.05) is 32.0 Å². The monoisotopic (exact) mass is 316 g/mol. The molecule has 2 heterocycles. The highest BCUT2D eigenvalue weighted by atomic mass is 16.4. The average molecular weight is 316 g/mol. The summed E-state index contributed by atoms with van der Waals surface area (Å²) in [5.41, 5.74) is 2.76. The van der Waals surface area contributed by atoms with Gasteiger partial charge >= 0.3 is 5.97 Å². The first-order valence-corrected chi connectivity index (χ1v) is 8.35. The van der Waals surface area contributed by atoms with Gasteiger partial charge in [0.1, 0.15) is 0 Å². The molecule has 2 saturated heterocycles. The van der Waals surface area contributed by atoms with Crippen LogP contribution in [-0.4, -0.2) is 48.1 Å².